The second kappa shape index (κ2) is 5.74. The zero-order chi connectivity index (χ0) is 13.1. The van der Waals surface area contributed by atoms with E-state index in [0.717, 1.165) is 30.3 Å². The average molecular weight is 274 g/mol. The highest BCUT2D eigenvalue weighted by Crippen LogP contribution is 2.25. The van der Waals surface area contributed by atoms with Crippen LogP contribution in [0.25, 0.3) is 11.1 Å². The zero-order valence-electron chi connectivity index (χ0n) is 10.6. The van der Waals surface area contributed by atoms with E-state index in [-0.39, 0.29) is 6.10 Å². The molecule has 2 aromatic rings. The van der Waals surface area contributed by atoms with Gasteiger partial charge in [-0.1, -0.05) is 48.0 Å². The van der Waals surface area contributed by atoms with Crippen LogP contribution in [0.5, 0.6) is 0 Å². The molecule has 0 aromatic heterocycles. The fraction of sp³-hybridized carbons (Fsp3) is 0.250. The van der Waals surface area contributed by atoms with Gasteiger partial charge in [0.2, 0.25) is 0 Å². The number of morpholine rings is 1. The summed E-state index contributed by atoms with van der Waals surface area (Å²) >= 11 is 6.02. The van der Waals surface area contributed by atoms with E-state index < -0.39 is 0 Å². The minimum atomic E-state index is 0.169. The van der Waals surface area contributed by atoms with Gasteiger partial charge in [0.25, 0.3) is 0 Å². The van der Waals surface area contributed by atoms with Gasteiger partial charge in [-0.05, 0) is 28.8 Å². The molecular formula is C16H16ClNO. The third-order valence-electron chi connectivity index (χ3n) is 3.37. The highest BCUT2D eigenvalue weighted by Gasteiger charge is 2.15. The molecule has 1 saturated heterocycles. The number of benzene rings is 2. The SMILES string of the molecule is Clc1cccc(-c2ccc(C3CNCCO3)cc2)c1. The Morgan fingerprint density at radius 2 is 1.89 bits per heavy atom. The van der Waals surface area contributed by atoms with E-state index in [4.69, 9.17) is 16.3 Å². The van der Waals surface area contributed by atoms with Gasteiger partial charge in [0, 0.05) is 18.1 Å². The Hall–Kier alpha value is -1.35. The molecule has 1 aliphatic heterocycles. The second-order valence-electron chi connectivity index (χ2n) is 4.70. The number of halogens is 1. The van der Waals surface area contributed by atoms with Crippen molar-refractivity contribution in [2.45, 2.75) is 6.10 Å². The summed E-state index contributed by atoms with van der Waals surface area (Å²) in [7, 11) is 0. The molecule has 3 rings (SSSR count). The van der Waals surface area contributed by atoms with E-state index in [2.05, 4.69) is 35.6 Å². The predicted octanol–water partition coefficient (Wildman–Crippen LogP) is 3.67. The van der Waals surface area contributed by atoms with Gasteiger partial charge in [-0.25, -0.2) is 0 Å². The molecule has 1 N–H and O–H groups in total. The van der Waals surface area contributed by atoms with Gasteiger partial charge in [-0.3, -0.25) is 0 Å². The molecule has 98 valence electrons. The van der Waals surface area contributed by atoms with Crippen LogP contribution in [-0.4, -0.2) is 19.7 Å². The van der Waals surface area contributed by atoms with Crippen LogP contribution in [0.4, 0.5) is 0 Å². The lowest BCUT2D eigenvalue weighted by molar-refractivity contribution is 0.0277. The third-order valence-corrected chi connectivity index (χ3v) is 3.60. The van der Waals surface area contributed by atoms with E-state index in [1.165, 1.54) is 11.1 Å². The largest absolute Gasteiger partial charge is 0.371 e. The summed E-state index contributed by atoms with van der Waals surface area (Å²) in [4.78, 5) is 0. The maximum atomic E-state index is 6.02. The van der Waals surface area contributed by atoms with E-state index in [9.17, 15) is 0 Å². The Labute approximate surface area is 118 Å². The minimum absolute atomic E-state index is 0.169. The molecule has 2 nitrogen and oxygen atoms in total. The quantitative estimate of drug-likeness (QED) is 0.901. The smallest absolute Gasteiger partial charge is 0.0949 e. The van der Waals surface area contributed by atoms with Crippen molar-refractivity contribution in [2.75, 3.05) is 19.7 Å². The molecule has 0 bridgehead atoms. The van der Waals surface area contributed by atoms with Gasteiger partial charge >= 0.3 is 0 Å². The molecule has 1 heterocycles. The Balaban J connectivity index is 1.82. The van der Waals surface area contributed by atoms with Crippen molar-refractivity contribution in [1.82, 2.24) is 5.32 Å². The minimum Gasteiger partial charge on any atom is -0.371 e. The van der Waals surface area contributed by atoms with Crippen molar-refractivity contribution >= 4 is 11.6 Å². The van der Waals surface area contributed by atoms with Crippen LogP contribution in [0.3, 0.4) is 0 Å². The Morgan fingerprint density at radius 3 is 2.58 bits per heavy atom. The number of rotatable bonds is 2. The predicted molar refractivity (Wildman–Crippen MR) is 78.5 cm³/mol. The van der Waals surface area contributed by atoms with Gasteiger partial charge in [-0.15, -0.1) is 0 Å². The highest BCUT2D eigenvalue weighted by molar-refractivity contribution is 6.30. The Morgan fingerprint density at radius 1 is 1.05 bits per heavy atom. The Kier molecular flexibility index (Phi) is 3.83. The summed E-state index contributed by atoms with van der Waals surface area (Å²) in [6, 6.07) is 16.4. The van der Waals surface area contributed by atoms with Crippen LogP contribution >= 0.6 is 11.6 Å². The van der Waals surface area contributed by atoms with E-state index in [1.807, 2.05) is 18.2 Å². The van der Waals surface area contributed by atoms with Crippen LogP contribution in [0.15, 0.2) is 48.5 Å². The topological polar surface area (TPSA) is 21.3 Å². The zero-order valence-corrected chi connectivity index (χ0v) is 11.4. The first-order valence-corrected chi connectivity index (χ1v) is 6.89. The molecule has 0 saturated carbocycles. The van der Waals surface area contributed by atoms with Crippen molar-refractivity contribution in [3.05, 3.63) is 59.1 Å². The maximum absolute atomic E-state index is 6.02. The summed E-state index contributed by atoms with van der Waals surface area (Å²) in [6.45, 7) is 2.61. The average Bonchev–Trinajstić information content (AvgIpc) is 2.48. The number of nitrogens with one attached hydrogen (secondary N) is 1. The molecule has 1 unspecified atom stereocenters. The molecule has 2 aromatic carbocycles. The summed E-state index contributed by atoms with van der Waals surface area (Å²) in [6.07, 6.45) is 0.169. The monoisotopic (exact) mass is 273 g/mol. The molecule has 19 heavy (non-hydrogen) atoms. The van der Waals surface area contributed by atoms with Gasteiger partial charge in [0.1, 0.15) is 0 Å². The van der Waals surface area contributed by atoms with Crippen molar-refractivity contribution < 1.29 is 4.74 Å². The summed E-state index contributed by atoms with van der Waals surface area (Å²) in [5, 5.41) is 4.11. The first-order chi connectivity index (χ1) is 9.33. The standard InChI is InChI=1S/C16H16ClNO/c17-15-3-1-2-14(10-15)12-4-6-13(7-5-12)16-11-18-8-9-19-16/h1-7,10,16,18H,8-9,11H2. The van der Waals surface area contributed by atoms with E-state index in [0.29, 0.717) is 0 Å². The summed E-state index contributed by atoms with van der Waals surface area (Å²) in [5.74, 6) is 0. The fourth-order valence-electron chi connectivity index (χ4n) is 2.34. The lowest BCUT2D eigenvalue weighted by Crippen LogP contribution is -2.33. The molecule has 0 aliphatic carbocycles. The molecule has 0 spiro atoms. The van der Waals surface area contributed by atoms with Gasteiger partial charge in [0.15, 0.2) is 0 Å². The lowest BCUT2D eigenvalue weighted by Gasteiger charge is -2.24. The first kappa shape index (κ1) is 12.7. The van der Waals surface area contributed by atoms with Crippen LogP contribution in [0.1, 0.15) is 11.7 Å². The highest BCUT2D eigenvalue weighted by atomic mass is 35.5. The van der Waals surface area contributed by atoms with Crippen LogP contribution < -0.4 is 5.32 Å². The van der Waals surface area contributed by atoms with E-state index in [1.54, 1.807) is 0 Å². The number of hydrogen-bond donors (Lipinski definition) is 1. The molecule has 1 fully saturated rings. The number of hydrogen-bond acceptors (Lipinski definition) is 2. The number of ether oxygens (including phenoxy) is 1. The third kappa shape index (κ3) is 2.98. The van der Waals surface area contributed by atoms with Gasteiger partial charge < -0.3 is 10.1 Å². The van der Waals surface area contributed by atoms with E-state index >= 15 is 0 Å². The molecule has 1 atom stereocenters. The second-order valence-corrected chi connectivity index (χ2v) is 5.13. The lowest BCUT2D eigenvalue weighted by atomic mass is 10.0. The van der Waals surface area contributed by atoms with Crippen LogP contribution in [0.2, 0.25) is 5.02 Å². The summed E-state index contributed by atoms with van der Waals surface area (Å²) in [5.41, 5.74) is 3.54. The Bertz CT molecular complexity index is 547. The van der Waals surface area contributed by atoms with Crippen molar-refractivity contribution in [1.29, 1.82) is 0 Å². The van der Waals surface area contributed by atoms with Crippen molar-refractivity contribution in [3.8, 4) is 11.1 Å². The van der Waals surface area contributed by atoms with Gasteiger partial charge in [0.05, 0.1) is 12.7 Å². The molecule has 0 amide bonds. The normalized spacial score (nSPS) is 19.3. The summed E-state index contributed by atoms with van der Waals surface area (Å²) < 4.78 is 5.75. The molecular weight excluding hydrogens is 258 g/mol. The molecule has 3 heteroatoms. The van der Waals surface area contributed by atoms with Gasteiger partial charge in [-0.2, -0.15) is 0 Å². The molecule has 0 radical (unpaired) electrons. The molecule has 1 aliphatic rings. The van der Waals surface area contributed by atoms with Crippen LogP contribution in [0, 0.1) is 0 Å². The van der Waals surface area contributed by atoms with Crippen LogP contribution in [-0.2, 0) is 4.74 Å². The maximum Gasteiger partial charge on any atom is 0.0949 e. The first-order valence-electron chi connectivity index (χ1n) is 6.51. The van der Waals surface area contributed by atoms with Crippen molar-refractivity contribution in [2.24, 2.45) is 0 Å². The fourth-order valence-corrected chi connectivity index (χ4v) is 2.53. The van der Waals surface area contributed by atoms with Crippen molar-refractivity contribution in [3.63, 3.8) is 0 Å².